The number of aryl methyl sites for hydroxylation is 2. The molecule has 2 aliphatic carbocycles. The quantitative estimate of drug-likeness (QED) is 0.802. The summed E-state index contributed by atoms with van der Waals surface area (Å²) in [4.78, 5) is 13.0. The fourth-order valence-corrected chi connectivity index (χ4v) is 2.92. The summed E-state index contributed by atoms with van der Waals surface area (Å²) in [7, 11) is 0. The normalized spacial score (nSPS) is 17.6. The summed E-state index contributed by atoms with van der Waals surface area (Å²) < 4.78 is 0. The Morgan fingerprint density at radius 3 is 2.44 bits per heavy atom. The fraction of sp³-hybridized carbons (Fsp3) is 0.533. The maximum atomic E-state index is 11.1. The van der Waals surface area contributed by atoms with Gasteiger partial charge in [0.2, 0.25) is 6.41 Å². The molecular weight excluding hydrogens is 224 g/mol. The molecule has 3 rings (SSSR count). The van der Waals surface area contributed by atoms with E-state index in [1.165, 1.54) is 41.5 Å². The number of fused-ring (bicyclic) bond motifs is 1. The number of hydrogen-bond acceptors (Lipinski definition) is 2. The monoisotopic (exact) mass is 244 g/mol. The van der Waals surface area contributed by atoms with Crippen LogP contribution in [0.3, 0.4) is 0 Å². The Labute approximate surface area is 108 Å². The molecule has 0 spiro atoms. The number of amides is 1. The predicted molar refractivity (Wildman–Crippen MR) is 71.0 cm³/mol. The van der Waals surface area contributed by atoms with E-state index in [2.05, 4.69) is 12.1 Å². The van der Waals surface area contributed by atoms with Gasteiger partial charge in [-0.05, 0) is 54.4 Å². The van der Waals surface area contributed by atoms with Crippen molar-refractivity contribution >= 4 is 6.41 Å². The number of nitrogens with two attached hydrogens (primary N) is 1. The van der Waals surface area contributed by atoms with Gasteiger partial charge in [0.25, 0.3) is 0 Å². The molecule has 0 radical (unpaired) electrons. The van der Waals surface area contributed by atoms with Crippen molar-refractivity contribution in [2.24, 2.45) is 5.73 Å². The van der Waals surface area contributed by atoms with Crippen molar-refractivity contribution < 1.29 is 4.79 Å². The number of carbonyl (C=O) groups excluding carboxylic acids is 1. The molecule has 3 nitrogen and oxygen atoms in total. The van der Waals surface area contributed by atoms with Gasteiger partial charge in [-0.25, -0.2) is 0 Å². The lowest BCUT2D eigenvalue weighted by Crippen LogP contribution is -2.24. The molecule has 1 fully saturated rings. The first-order chi connectivity index (χ1) is 8.81. The van der Waals surface area contributed by atoms with Gasteiger partial charge in [0.05, 0.1) is 0 Å². The molecule has 0 aromatic heterocycles. The molecule has 0 saturated heterocycles. The highest BCUT2D eigenvalue weighted by Crippen LogP contribution is 2.30. The minimum atomic E-state index is 0.473. The third-order valence-electron chi connectivity index (χ3n) is 4.14. The van der Waals surface area contributed by atoms with E-state index in [9.17, 15) is 4.79 Å². The molecule has 0 atom stereocenters. The highest BCUT2D eigenvalue weighted by molar-refractivity contribution is 5.50. The largest absolute Gasteiger partial charge is 0.338 e. The summed E-state index contributed by atoms with van der Waals surface area (Å²) in [5.74, 6) is 0. The Hall–Kier alpha value is -1.35. The molecule has 3 heteroatoms. The molecule has 1 saturated carbocycles. The average molecular weight is 244 g/mol. The van der Waals surface area contributed by atoms with Crippen molar-refractivity contribution in [1.82, 2.24) is 4.90 Å². The van der Waals surface area contributed by atoms with E-state index in [-0.39, 0.29) is 0 Å². The van der Waals surface area contributed by atoms with Gasteiger partial charge in [-0.3, -0.25) is 4.79 Å². The van der Waals surface area contributed by atoms with Crippen LogP contribution in [0.5, 0.6) is 0 Å². The Kier molecular flexibility index (Phi) is 3.08. The summed E-state index contributed by atoms with van der Waals surface area (Å²) in [5.41, 5.74) is 11.2. The van der Waals surface area contributed by atoms with Crippen LogP contribution in [0.1, 0.15) is 41.5 Å². The summed E-state index contributed by atoms with van der Waals surface area (Å²) in [6.45, 7) is 1.30. The first kappa shape index (κ1) is 11.7. The molecule has 0 heterocycles. The molecule has 96 valence electrons. The van der Waals surface area contributed by atoms with E-state index in [1.54, 1.807) is 0 Å². The highest BCUT2D eigenvalue weighted by atomic mass is 16.1. The van der Waals surface area contributed by atoms with Crippen LogP contribution in [0.15, 0.2) is 12.1 Å². The van der Waals surface area contributed by atoms with Gasteiger partial charge in [0.15, 0.2) is 0 Å². The van der Waals surface area contributed by atoms with Gasteiger partial charge in [0, 0.05) is 19.1 Å². The number of rotatable bonds is 5. The van der Waals surface area contributed by atoms with Crippen molar-refractivity contribution in [3.63, 3.8) is 0 Å². The second-order valence-corrected chi connectivity index (χ2v) is 5.46. The fourth-order valence-electron chi connectivity index (χ4n) is 2.92. The average Bonchev–Trinajstić information content (AvgIpc) is 3.13. The van der Waals surface area contributed by atoms with Crippen molar-refractivity contribution in [1.29, 1.82) is 0 Å². The topological polar surface area (TPSA) is 46.3 Å². The minimum absolute atomic E-state index is 0.473. The lowest BCUT2D eigenvalue weighted by Gasteiger charge is -2.19. The zero-order chi connectivity index (χ0) is 12.5. The molecular formula is C15H20N2O. The van der Waals surface area contributed by atoms with Gasteiger partial charge in [-0.1, -0.05) is 12.1 Å². The maximum absolute atomic E-state index is 11.1. The van der Waals surface area contributed by atoms with Gasteiger partial charge in [-0.2, -0.15) is 0 Å². The first-order valence-corrected chi connectivity index (χ1v) is 6.86. The summed E-state index contributed by atoms with van der Waals surface area (Å²) in [5, 5.41) is 0. The molecule has 0 bridgehead atoms. The predicted octanol–water partition coefficient (Wildman–Crippen LogP) is 1.75. The second-order valence-electron chi connectivity index (χ2n) is 5.46. The van der Waals surface area contributed by atoms with Crippen LogP contribution in [0.4, 0.5) is 0 Å². The SMILES string of the molecule is NCc1cc2c(cc1CN(C=O)C1CC1)CCC2. The lowest BCUT2D eigenvalue weighted by molar-refractivity contribution is -0.119. The van der Waals surface area contributed by atoms with E-state index in [0.29, 0.717) is 12.6 Å². The van der Waals surface area contributed by atoms with Crippen molar-refractivity contribution in [3.05, 3.63) is 34.4 Å². The number of benzene rings is 1. The van der Waals surface area contributed by atoms with Gasteiger partial charge < -0.3 is 10.6 Å². The first-order valence-electron chi connectivity index (χ1n) is 6.86. The van der Waals surface area contributed by atoms with Crippen LogP contribution in [-0.4, -0.2) is 17.4 Å². The number of nitrogens with zero attached hydrogens (tertiary/aromatic N) is 1. The molecule has 0 unspecified atom stereocenters. The highest BCUT2D eigenvalue weighted by Gasteiger charge is 2.28. The van der Waals surface area contributed by atoms with Crippen LogP contribution >= 0.6 is 0 Å². The standard InChI is InChI=1S/C15H20N2O/c16-8-13-6-11-2-1-3-12(11)7-14(13)9-17(10-18)15-4-5-15/h6-7,10,15H,1-5,8-9,16H2. The molecule has 1 amide bonds. The summed E-state index contributed by atoms with van der Waals surface area (Å²) >= 11 is 0. The van der Waals surface area contributed by atoms with Crippen LogP contribution in [0.2, 0.25) is 0 Å². The lowest BCUT2D eigenvalue weighted by atomic mass is 9.99. The van der Waals surface area contributed by atoms with Crippen molar-refractivity contribution in [2.45, 2.75) is 51.2 Å². The van der Waals surface area contributed by atoms with E-state index in [0.717, 1.165) is 25.8 Å². The third kappa shape index (κ3) is 2.15. The van der Waals surface area contributed by atoms with Crippen LogP contribution in [-0.2, 0) is 30.7 Å². The van der Waals surface area contributed by atoms with E-state index in [4.69, 9.17) is 5.73 Å². The maximum Gasteiger partial charge on any atom is 0.210 e. The van der Waals surface area contributed by atoms with Gasteiger partial charge >= 0.3 is 0 Å². The second kappa shape index (κ2) is 4.73. The van der Waals surface area contributed by atoms with Crippen LogP contribution < -0.4 is 5.73 Å². The van der Waals surface area contributed by atoms with Crippen LogP contribution in [0.25, 0.3) is 0 Å². The molecule has 0 aliphatic heterocycles. The van der Waals surface area contributed by atoms with E-state index >= 15 is 0 Å². The Morgan fingerprint density at radius 2 is 1.89 bits per heavy atom. The van der Waals surface area contributed by atoms with Crippen molar-refractivity contribution in [2.75, 3.05) is 0 Å². The zero-order valence-corrected chi connectivity index (χ0v) is 10.7. The summed E-state index contributed by atoms with van der Waals surface area (Å²) in [6, 6.07) is 5.01. The minimum Gasteiger partial charge on any atom is -0.338 e. The molecule has 1 aromatic rings. The van der Waals surface area contributed by atoms with E-state index < -0.39 is 0 Å². The van der Waals surface area contributed by atoms with Crippen LogP contribution in [0, 0.1) is 0 Å². The molecule has 2 aliphatic rings. The molecule has 18 heavy (non-hydrogen) atoms. The van der Waals surface area contributed by atoms with Gasteiger partial charge in [-0.15, -0.1) is 0 Å². The third-order valence-corrected chi connectivity index (χ3v) is 4.14. The zero-order valence-electron chi connectivity index (χ0n) is 10.7. The molecule has 1 aromatic carbocycles. The number of carbonyl (C=O) groups is 1. The van der Waals surface area contributed by atoms with Gasteiger partial charge in [0.1, 0.15) is 0 Å². The van der Waals surface area contributed by atoms with Crippen molar-refractivity contribution in [3.8, 4) is 0 Å². The molecule has 2 N–H and O–H groups in total. The van der Waals surface area contributed by atoms with E-state index in [1.807, 2.05) is 4.90 Å². The Morgan fingerprint density at radius 1 is 1.22 bits per heavy atom. The summed E-state index contributed by atoms with van der Waals surface area (Å²) in [6.07, 6.45) is 6.91. The smallest absolute Gasteiger partial charge is 0.210 e. The Bertz CT molecular complexity index is 466. The number of hydrogen-bond donors (Lipinski definition) is 1. The Balaban J connectivity index is 1.87.